The van der Waals surface area contributed by atoms with E-state index < -0.39 is 5.97 Å². The molecule has 1 heterocycles. The molecule has 3 rings (SSSR count). The van der Waals surface area contributed by atoms with Gasteiger partial charge >= 0.3 is 5.97 Å². The molecule has 0 unspecified atom stereocenters. The van der Waals surface area contributed by atoms with Gasteiger partial charge in [-0.15, -0.1) is 5.10 Å². The van der Waals surface area contributed by atoms with Crippen molar-refractivity contribution in [2.24, 2.45) is 10.2 Å². The monoisotopic (exact) mass is 417 g/mol. The topological polar surface area (TPSA) is 80.1 Å². The van der Waals surface area contributed by atoms with Crippen LogP contribution in [0.1, 0.15) is 15.9 Å². The Morgan fingerprint density at radius 2 is 2.04 bits per heavy atom. The molecule has 2 aromatic carbocycles. The van der Waals surface area contributed by atoms with Gasteiger partial charge in [-0.25, -0.2) is 4.79 Å². The summed E-state index contributed by atoms with van der Waals surface area (Å²) in [5.74, 6) is 0.303. The van der Waals surface area contributed by atoms with Gasteiger partial charge in [-0.3, -0.25) is 4.79 Å². The lowest BCUT2D eigenvalue weighted by atomic mass is 10.2. The molecular weight excluding hydrogens is 406 g/mol. The molecule has 0 spiro atoms. The number of thioether (sulfide) groups is 1. The van der Waals surface area contributed by atoms with Crippen molar-refractivity contribution >= 4 is 51.0 Å². The highest BCUT2D eigenvalue weighted by Gasteiger charge is 2.15. The molecule has 0 atom stereocenters. The fourth-order valence-electron chi connectivity index (χ4n) is 1.93. The van der Waals surface area contributed by atoms with Crippen LogP contribution < -0.4 is 10.1 Å². The van der Waals surface area contributed by atoms with Crippen LogP contribution in [0.15, 0.2) is 63.2 Å². The van der Waals surface area contributed by atoms with E-state index in [2.05, 4.69) is 31.4 Å². The van der Waals surface area contributed by atoms with Crippen LogP contribution in [0, 0.1) is 0 Å². The van der Waals surface area contributed by atoms with Crippen molar-refractivity contribution in [1.29, 1.82) is 0 Å². The van der Waals surface area contributed by atoms with Crippen LogP contribution in [0.2, 0.25) is 0 Å². The molecule has 1 N–H and O–H groups in total. The third-order valence-electron chi connectivity index (χ3n) is 3.09. The first-order chi connectivity index (χ1) is 12.1. The second kappa shape index (κ2) is 8.09. The van der Waals surface area contributed by atoms with Crippen LogP contribution >= 0.6 is 27.7 Å². The molecule has 0 radical (unpaired) electrons. The number of nitrogens with zero attached hydrogens (tertiary/aromatic N) is 2. The number of carbonyl (C=O) groups is 2. The van der Waals surface area contributed by atoms with Crippen molar-refractivity contribution in [3.63, 3.8) is 0 Å². The number of ether oxygens (including phenoxy) is 1. The Kier molecular flexibility index (Phi) is 5.62. The second-order valence-corrected chi connectivity index (χ2v) is 6.84. The van der Waals surface area contributed by atoms with E-state index in [9.17, 15) is 9.59 Å². The lowest BCUT2D eigenvalue weighted by Crippen LogP contribution is -2.19. The lowest BCUT2D eigenvalue weighted by Gasteiger charge is -2.04. The van der Waals surface area contributed by atoms with Gasteiger partial charge in [-0.1, -0.05) is 33.8 Å². The van der Waals surface area contributed by atoms with Gasteiger partial charge in [0, 0.05) is 4.47 Å². The third kappa shape index (κ3) is 5.01. The molecule has 0 aromatic heterocycles. The molecule has 1 aliphatic heterocycles. The van der Waals surface area contributed by atoms with Gasteiger partial charge in [0.15, 0.2) is 5.17 Å². The van der Waals surface area contributed by atoms with Crippen molar-refractivity contribution < 1.29 is 14.3 Å². The number of halogens is 1. The van der Waals surface area contributed by atoms with Crippen molar-refractivity contribution in [3.8, 4) is 5.75 Å². The first-order valence-electron chi connectivity index (χ1n) is 7.22. The fraction of sp³-hybridized carbons (Fsp3) is 0.0588. The van der Waals surface area contributed by atoms with E-state index in [0.717, 1.165) is 10.0 Å². The van der Waals surface area contributed by atoms with Gasteiger partial charge < -0.3 is 10.1 Å². The average molecular weight is 418 g/mol. The predicted octanol–water partition coefficient (Wildman–Crippen LogP) is 3.22. The van der Waals surface area contributed by atoms with E-state index in [1.807, 2.05) is 6.07 Å². The summed E-state index contributed by atoms with van der Waals surface area (Å²) in [5.41, 5.74) is 1.26. The van der Waals surface area contributed by atoms with Crippen LogP contribution in [-0.2, 0) is 4.79 Å². The largest absolute Gasteiger partial charge is 0.423 e. The van der Waals surface area contributed by atoms with Crippen LogP contribution in [0.4, 0.5) is 0 Å². The molecule has 1 amide bonds. The zero-order valence-electron chi connectivity index (χ0n) is 12.8. The minimum atomic E-state index is -0.428. The highest BCUT2D eigenvalue weighted by molar-refractivity contribution is 9.10. The quantitative estimate of drug-likeness (QED) is 0.358. The summed E-state index contributed by atoms with van der Waals surface area (Å²) in [7, 11) is 0. The summed E-state index contributed by atoms with van der Waals surface area (Å²) in [6.07, 6.45) is 1.55. The molecule has 1 fully saturated rings. The first kappa shape index (κ1) is 17.4. The van der Waals surface area contributed by atoms with Crippen LogP contribution in [-0.4, -0.2) is 29.0 Å². The van der Waals surface area contributed by atoms with Gasteiger partial charge in [0.25, 0.3) is 0 Å². The van der Waals surface area contributed by atoms with Crippen molar-refractivity contribution in [2.45, 2.75) is 0 Å². The summed E-state index contributed by atoms with van der Waals surface area (Å²) in [5, 5.41) is 10.9. The Morgan fingerprint density at radius 3 is 2.72 bits per heavy atom. The van der Waals surface area contributed by atoms with E-state index in [4.69, 9.17) is 4.74 Å². The van der Waals surface area contributed by atoms with Gasteiger partial charge in [0.05, 0.1) is 17.5 Å². The van der Waals surface area contributed by atoms with Crippen molar-refractivity contribution in [2.75, 3.05) is 5.75 Å². The van der Waals surface area contributed by atoms with E-state index in [1.54, 1.807) is 48.7 Å². The number of benzene rings is 2. The number of carbonyl (C=O) groups excluding carboxylic acids is 2. The number of amides is 1. The first-order valence-corrected chi connectivity index (χ1v) is 8.99. The van der Waals surface area contributed by atoms with Gasteiger partial charge in [-0.05, 0) is 48.0 Å². The van der Waals surface area contributed by atoms with E-state index in [-0.39, 0.29) is 5.91 Å². The number of esters is 1. The van der Waals surface area contributed by atoms with E-state index >= 15 is 0 Å². The lowest BCUT2D eigenvalue weighted by molar-refractivity contribution is -0.116. The summed E-state index contributed by atoms with van der Waals surface area (Å²) < 4.78 is 6.14. The summed E-state index contributed by atoms with van der Waals surface area (Å²) in [4.78, 5) is 23.1. The highest BCUT2D eigenvalue weighted by atomic mass is 79.9. The van der Waals surface area contributed by atoms with Gasteiger partial charge in [0.2, 0.25) is 5.91 Å². The summed E-state index contributed by atoms with van der Waals surface area (Å²) in [6.45, 7) is 0. The Labute approximate surface area is 156 Å². The summed E-state index contributed by atoms with van der Waals surface area (Å²) in [6, 6.07) is 13.9. The Morgan fingerprint density at radius 1 is 1.24 bits per heavy atom. The maximum atomic E-state index is 12.1. The standard InChI is InChI=1S/C17H12BrN3O3S/c18-13-3-1-2-12(8-13)16(23)24-14-6-4-11(5-7-14)9-19-21-17-20-15(22)10-25-17/h1-9H,10H2,(H,20,21,22)/b19-9+. The predicted molar refractivity (Wildman–Crippen MR) is 101 cm³/mol. The SMILES string of the molecule is O=C1CS/C(=N\N=C\c2ccc(OC(=O)c3cccc(Br)c3)cc2)N1. The average Bonchev–Trinajstić information content (AvgIpc) is 3.02. The summed E-state index contributed by atoms with van der Waals surface area (Å²) >= 11 is 4.63. The molecule has 8 heteroatoms. The number of hydrogen-bond acceptors (Lipinski definition) is 6. The highest BCUT2D eigenvalue weighted by Crippen LogP contribution is 2.16. The van der Waals surface area contributed by atoms with Crippen LogP contribution in [0.25, 0.3) is 0 Å². The van der Waals surface area contributed by atoms with Crippen molar-refractivity contribution in [3.05, 3.63) is 64.1 Å². The minimum absolute atomic E-state index is 0.0736. The molecule has 126 valence electrons. The van der Waals surface area contributed by atoms with Crippen molar-refractivity contribution in [1.82, 2.24) is 5.32 Å². The molecule has 25 heavy (non-hydrogen) atoms. The number of amidine groups is 1. The Balaban J connectivity index is 1.60. The molecule has 2 aromatic rings. The van der Waals surface area contributed by atoms with E-state index in [1.165, 1.54) is 11.8 Å². The zero-order chi connectivity index (χ0) is 17.6. The maximum Gasteiger partial charge on any atom is 0.343 e. The second-order valence-electron chi connectivity index (χ2n) is 4.96. The molecule has 1 saturated heterocycles. The van der Waals surface area contributed by atoms with E-state index in [0.29, 0.717) is 22.2 Å². The van der Waals surface area contributed by atoms with Crippen LogP contribution in [0.5, 0.6) is 5.75 Å². The Hall–Kier alpha value is -2.45. The van der Waals surface area contributed by atoms with Crippen LogP contribution in [0.3, 0.4) is 0 Å². The fourth-order valence-corrected chi connectivity index (χ4v) is 2.96. The molecule has 0 aliphatic carbocycles. The minimum Gasteiger partial charge on any atom is -0.423 e. The Bertz CT molecular complexity index is 866. The third-order valence-corrected chi connectivity index (χ3v) is 4.45. The number of rotatable bonds is 4. The molecular formula is C17H12BrN3O3S. The maximum absolute atomic E-state index is 12.1. The molecule has 0 saturated carbocycles. The van der Waals surface area contributed by atoms with Gasteiger partial charge in [-0.2, -0.15) is 5.10 Å². The van der Waals surface area contributed by atoms with Gasteiger partial charge in [0.1, 0.15) is 5.75 Å². The number of hydrogen-bond donors (Lipinski definition) is 1. The molecule has 6 nitrogen and oxygen atoms in total. The number of nitrogens with one attached hydrogen (secondary N) is 1. The smallest absolute Gasteiger partial charge is 0.343 e. The zero-order valence-corrected chi connectivity index (χ0v) is 15.2. The normalized spacial score (nSPS) is 15.6. The molecule has 1 aliphatic rings. The molecule has 0 bridgehead atoms.